The number of carbonyl (C=O) groups excluding carboxylic acids is 2. The smallest absolute Gasteiger partial charge is 0.325 e. The minimum Gasteiger partial charge on any atom is -0.389 e. The van der Waals surface area contributed by atoms with Gasteiger partial charge in [-0.1, -0.05) is 13.8 Å². The Bertz CT molecular complexity index is 333. The fourth-order valence-electron chi connectivity index (χ4n) is 2.23. The third kappa shape index (κ3) is 3.19. The van der Waals surface area contributed by atoms with E-state index < -0.39 is 17.2 Å². The van der Waals surface area contributed by atoms with Crippen molar-refractivity contribution in [3.63, 3.8) is 0 Å². The Hall–Kier alpha value is -1.10. The molecular weight excluding hydrogens is 220 g/mol. The Morgan fingerprint density at radius 3 is 2.35 bits per heavy atom. The number of nitrogens with one attached hydrogen (secondary N) is 1. The summed E-state index contributed by atoms with van der Waals surface area (Å²) in [6.45, 7) is 8.91. The molecule has 0 aromatic heterocycles. The number of carbonyl (C=O) groups is 2. The summed E-state index contributed by atoms with van der Waals surface area (Å²) in [7, 11) is 0. The number of urea groups is 1. The maximum Gasteiger partial charge on any atom is 0.325 e. The second-order valence-electron chi connectivity index (χ2n) is 6.06. The Balaban J connectivity index is 2.85. The molecule has 98 valence electrons. The van der Waals surface area contributed by atoms with Gasteiger partial charge in [-0.05, 0) is 33.1 Å². The minimum atomic E-state index is -1.07. The highest BCUT2D eigenvalue weighted by molar-refractivity contribution is 6.06. The second-order valence-corrected chi connectivity index (χ2v) is 6.06. The molecule has 1 fully saturated rings. The van der Waals surface area contributed by atoms with Crippen molar-refractivity contribution < 1.29 is 14.7 Å². The zero-order valence-electron chi connectivity index (χ0n) is 11.2. The zero-order chi connectivity index (χ0) is 13.4. The number of β-amino-alcohol motifs (C(OH)–C–C–N with tert-alkyl or cyclic N) is 1. The largest absolute Gasteiger partial charge is 0.389 e. The van der Waals surface area contributed by atoms with Gasteiger partial charge in [0.05, 0.1) is 12.1 Å². The number of hydrogen-bond acceptors (Lipinski definition) is 3. The predicted octanol–water partition coefficient (Wildman–Crippen LogP) is 1.11. The first-order chi connectivity index (χ1) is 7.55. The fourth-order valence-corrected chi connectivity index (χ4v) is 2.23. The molecule has 0 aliphatic carbocycles. The van der Waals surface area contributed by atoms with E-state index in [1.165, 1.54) is 0 Å². The molecule has 5 nitrogen and oxygen atoms in total. The molecule has 0 spiro atoms. The molecule has 1 atom stereocenters. The SMILES string of the molecule is CC(C)CC1(C)NC(=O)N(CC(C)(C)O)C1=O. The van der Waals surface area contributed by atoms with Crippen LogP contribution in [0.4, 0.5) is 4.79 Å². The molecule has 0 saturated carbocycles. The van der Waals surface area contributed by atoms with Gasteiger partial charge in [0.15, 0.2) is 0 Å². The van der Waals surface area contributed by atoms with Gasteiger partial charge in [0, 0.05) is 0 Å². The van der Waals surface area contributed by atoms with Crippen LogP contribution in [0.3, 0.4) is 0 Å². The Kier molecular flexibility index (Phi) is 3.52. The Morgan fingerprint density at radius 2 is 1.94 bits per heavy atom. The van der Waals surface area contributed by atoms with Crippen molar-refractivity contribution in [2.24, 2.45) is 5.92 Å². The zero-order valence-corrected chi connectivity index (χ0v) is 11.2. The van der Waals surface area contributed by atoms with E-state index in [0.717, 1.165) is 4.90 Å². The van der Waals surface area contributed by atoms with Crippen molar-refractivity contribution in [1.29, 1.82) is 0 Å². The number of imide groups is 1. The quantitative estimate of drug-likeness (QED) is 0.726. The average molecular weight is 242 g/mol. The highest BCUT2D eigenvalue weighted by atomic mass is 16.3. The van der Waals surface area contributed by atoms with Gasteiger partial charge in [-0.2, -0.15) is 0 Å². The van der Waals surface area contributed by atoms with Gasteiger partial charge >= 0.3 is 6.03 Å². The molecule has 1 saturated heterocycles. The van der Waals surface area contributed by atoms with Crippen molar-refractivity contribution >= 4 is 11.9 Å². The summed E-state index contributed by atoms with van der Waals surface area (Å²) >= 11 is 0. The van der Waals surface area contributed by atoms with E-state index in [2.05, 4.69) is 5.32 Å². The standard InChI is InChI=1S/C12H22N2O3/c1-8(2)6-12(5)9(15)14(10(16)13-12)7-11(3,4)17/h8,17H,6-7H2,1-5H3,(H,13,16). The predicted molar refractivity (Wildman–Crippen MR) is 64.4 cm³/mol. The lowest BCUT2D eigenvalue weighted by molar-refractivity contribution is -0.133. The van der Waals surface area contributed by atoms with Crippen LogP contribution in [0.5, 0.6) is 0 Å². The molecule has 17 heavy (non-hydrogen) atoms. The number of nitrogens with zero attached hydrogens (tertiary/aromatic N) is 1. The van der Waals surface area contributed by atoms with Gasteiger partial charge in [0.2, 0.25) is 0 Å². The molecule has 0 aromatic carbocycles. The lowest BCUT2D eigenvalue weighted by Gasteiger charge is -2.26. The summed E-state index contributed by atoms with van der Waals surface area (Å²) in [4.78, 5) is 25.0. The van der Waals surface area contributed by atoms with Crippen LogP contribution in [0.15, 0.2) is 0 Å². The summed E-state index contributed by atoms with van der Waals surface area (Å²) in [5.74, 6) is 0.0599. The van der Waals surface area contributed by atoms with Crippen molar-refractivity contribution in [2.45, 2.75) is 52.2 Å². The van der Waals surface area contributed by atoms with E-state index in [4.69, 9.17) is 0 Å². The van der Waals surface area contributed by atoms with Crippen LogP contribution >= 0.6 is 0 Å². The van der Waals surface area contributed by atoms with Crippen LogP contribution in [0, 0.1) is 5.92 Å². The molecule has 2 N–H and O–H groups in total. The van der Waals surface area contributed by atoms with Crippen molar-refractivity contribution in [3.05, 3.63) is 0 Å². The van der Waals surface area contributed by atoms with E-state index in [1.807, 2.05) is 13.8 Å². The van der Waals surface area contributed by atoms with Crippen molar-refractivity contribution in [1.82, 2.24) is 10.2 Å². The Labute approximate surface area is 102 Å². The topological polar surface area (TPSA) is 69.6 Å². The highest BCUT2D eigenvalue weighted by Gasteiger charge is 2.48. The van der Waals surface area contributed by atoms with Crippen LogP contribution < -0.4 is 5.32 Å². The molecule has 1 aliphatic rings. The van der Waals surface area contributed by atoms with Crippen molar-refractivity contribution in [3.8, 4) is 0 Å². The van der Waals surface area contributed by atoms with Gasteiger partial charge in [-0.25, -0.2) is 4.79 Å². The molecule has 1 unspecified atom stereocenters. The number of hydrogen-bond donors (Lipinski definition) is 2. The third-order valence-electron chi connectivity index (χ3n) is 2.71. The van der Waals surface area contributed by atoms with Gasteiger partial charge in [-0.15, -0.1) is 0 Å². The highest BCUT2D eigenvalue weighted by Crippen LogP contribution is 2.25. The Morgan fingerprint density at radius 1 is 1.41 bits per heavy atom. The normalized spacial score (nSPS) is 25.7. The molecule has 0 radical (unpaired) electrons. The van der Waals surface area contributed by atoms with Gasteiger partial charge in [0.1, 0.15) is 5.54 Å². The lowest BCUT2D eigenvalue weighted by Crippen LogP contribution is -2.46. The molecule has 1 aliphatic heterocycles. The minimum absolute atomic E-state index is 0.0192. The molecule has 5 heteroatoms. The molecule has 3 amide bonds. The summed E-state index contributed by atoms with van der Waals surface area (Å²) < 4.78 is 0. The van der Waals surface area contributed by atoms with Crippen LogP contribution in [0.2, 0.25) is 0 Å². The first-order valence-corrected chi connectivity index (χ1v) is 5.92. The summed E-state index contributed by atoms with van der Waals surface area (Å²) in [5, 5.41) is 12.4. The number of rotatable bonds is 4. The summed E-state index contributed by atoms with van der Waals surface area (Å²) in [6.07, 6.45) is 0.597. The molecule has 1 heterocycles. The first-order valence-electron chi connectivity index (χ1n) is 5.92. The number of aliphatic hydroxyl groups is 1. The van der Waals surface area contributed by atoms with Gasteiger partial charge in [-0.3, -0.25) is 9.69 Å². The molecule has 0 bridgehead atoms. The van der Waals surface area contributed by atoms with E-state index in [1.54, 1.807) is 20.8 Å². The van der Waals surface area contributed by atoms with Crippen LogP contribution in [0.25, 0.3) is 0 Å². The van der Waals surface area contributed by atoms with E-state index in [9.17, 15) is 14.7 Å². The van der Waals surface area contributed by atoms with Gasteiger partial charge in [0.25, 0.3) is 5.91 Å². The third-order valence-corrected chi connectivity index (χ3v) is 2.71. The maximum absolute atomic E-state index is 12.2. The molecular formula is C12H22N2O3. The average Bonchev–Trinajstić information content (AvgIpc) is 2.26. The first kappa shape index (κ1) is 14.0. The summed E-state index contributed by atoms with van der Waals surface area (Å²) in [6, 6.07) is -0.416. The van der Waals surface area contributed by atoms with Crippen LogP contribution in [-0.2, 0) is 4.79 Å². The van der Waals surface area contributed by atoms with Crippen LogP contribution in [0.1, 0.15) is 41.0 Å². The van der Waals surface area contributed by atoms with E-state index in [0.29, 0.717) is 12.3 Å². The fraction of sp³-hybridized carbons (Fsp3) is 0.833. The number of amides is 3. The molecule has 0 aromatic rings. The van der Waals surface area contributed by atoms with Crippen molar-refractivity contribution in [2.75, 3.05) is 6.54 Å². The summed E-state index contributed by atoms with van der Waals surface area (Å²) in [5.41, 5.74) is -1.91. The van der Waals surface area contributed by atoms with Crippen LogP contribution in [-0.4, -0.2) is 39.6 Å². The van der Waals surface area contributed by atoms with E-state index >= 15 is 0 Å². The van der Waals surface area contributed by atoms with Gasteiger partial charge < -0.3 is 10.4 Å². The second kappa shape index (κ2) is 4.29. The lowest BCUT2D eigenvalue weighted by atomic mass is 9.90. The van der Waals surface area contributed by atoms with E-state index in [-0.39, 0.29) is 12.5 Å². The molecule has 1 rings (SSSR count). The monoisotopic (exact) mass is 242 g/mol. The maximum atomic E-state index is 12.2.